The summed E-state index contributed by atoms with van der Waals surface area (Å²) in [6, 6.07) is 6.76. The highest BCUT2D eigenvalue weighted by atomic mass is 32.1. The van der Waals surface area contributed by atoms with E-state index in [9.17, 15) is 13.6 Å². The molecule has 3 rings (SSSR count). The van der Waals surface area contributed by atoms with Crippen molar-refractivity contribution in [1.29, 1.82) is 0 Å². The minimum atomic E-state index is -2.72. The monoisotopic (exact) mass is 377 g/mol. The van der Waals surface area contributed by atoms with Crippen LogP contribution in [-0.2, 0) is 11.4 Å². The summed E-state index contributed by atoms with van der Waals surface area (Å²) >= 11 is 1.23. The third-order valence-corrected chi connectivity index (χ3v) is 4.77. The van der Waals surface area contributed by atoms with E-state index in [0.29, 0.717) is 10.4 Å². The van der Waals surface area contributed by atoms with Crippen molar-refractivity contribution in [2.45, 2.75) is 33.8 Å². The summed E-state index contributed by atoms with van der Waals surface area (Å²) < 4.78 is 38.4. The van der Waals surface area contributed by atoms with E-state index in [0.717, 1.165) is 17.0 Å². The maximum absolute atomic E-state index is 13.5. The second-order valence-corrected chi connectivity index (χ2v) is 6.78. The first kappa shape index (κ1) is 18.3. The quantitative estimate of drug-likeness (QED) is 0.562. The highest BCUT2D eigenvalue weighted by molar-refractivity contribution is 7.17. The maximum Gasteiger partial charge on any atom is 0.308 e. The molecule has 2 aromatic heterocycles. The summed E-state index contributed by atoms with van der Waals surface area (Å²) in [4.78, 5) is 15.5. The predicted octanol–water partition coefficient (Wildman–Crippen LogP) is 5.36. The fourth-order valence-corrected chi connectivity index (χ4v) is 3.58. The minimum Gasteiger partial charge on any atom is -0.489 e. The van der Waals surface area contributed by atoms with Gasteiger partial charge in [0.2, 0.25) is 0 Å². The van der Waals surface area contributed by atoms with Crippen LogP contribution in [0.1, 0.15) is 35.9 Å². The molecule has 0 fully saturated rings. The van der Waals surface area contributed by atoms with E-state index in [2.05, 4.69) is 4.98 Å². The molecule has 4 nitrogen and oxygen atoms in total. The average molecular weight is 377 g/mol. The van der Waals surface area contributed by atoms with Crippen molar-refractivity contribution in [3.8, 4) is 11.5 Å². The van der Waals surface area contributed by atoms with Crippen LogP contribution in [-0.4, -0.2) is 11.0 Å². The van der Waals surface area contributed by atoms with Crippen LogP contribution in [0.4, 0.5) is 8.78 Å². The number of pyridine rings is 1. The number of halogens is 2. The lowest BCUT2D eigenvalue weighted by Crippen LogP contribution is -2.02. The number of hydrogen-bond acceptors (Lipinski definition) is 5. The number of ether oxygens (including phenoxy) is 2. The Morgan fingerprint density at radius 2 is 2.04 bits per heavy atom. The molecule has 0 atom stereocenters. The van der Waals surface area contributed by atoms with Gasteiger partial charge in [-0.1, -0.05) is 6.07 Å². The molecule has 0 aliphatic heterocycles. The highest BCUT2D eigenvalue weighted by Crippen LogP contribution is 2.41. The van der Waals surface area contributed by atoms with Crippen LogP contribution >= 0.6 is 11.3 Å². The van der Waals surface area contributed by atoms with Gasteiger partial charge in [-0.3, -0.25) is 9.78 Å². The smallest absolute Gasteiger partial charge is 0.308 e. The third-order valence-electron chi connectivity index (χ3n) is 3.86. The fourth-order valence-electron chi connectivity index (χ4n) is 2.66. The van der Waals surface area contributed by atoms with E-state index in [1.807, 2.05) is 26.0 Å². The van der Waals surface area contributed by atoms with Crippen LogP contribution in [0.15, 0.2) is 29.6 Å². The van der Waals surface area contributed by atoms with Crippen molar-refractivity contribution in [2.24, 2.45) is 0 Å². The number of esters is 1. The summed E-state index contributed by atoms with van der Waals surface area (Å²) in [7, 11) is 0. The van der Waals surface area contributed by atoms with Crippen molar-refractivity contribution < 1.29 is 23.0 Å². The number of fused-ring (bicyclic) bond motifs is 1. The number of nitrogens with zero attached hydrogens (tertiary/aromatic N) is 1. The summed E-state index contributed by atoms with van der Waals surface area (Å²) in [5.74, 6) is -0.0606. The Bertz CT molecular complexity index is 969. The molecule has 0 aliphatic rings. The molecule has 136 valence electrons. The van der Waals surface area contributed by atoms with Gasteiger partial charge >= 0.3 is 5.97 Å². The van der Waals surface area contributed by atoms with Crippen molar-refractivity contribution in [1.82, 2.24) is 4.98 Å². The number of rotatable bonds is 5. The van der Waals surface area contributed by atoms with Crippen molar-refractivity contribution in [3.05, 3.63) is 52.2 Å². The molecule has 0 radical (unpaired) electrons. The van der Waals surface area contributed by atoms with Crippen LogP contribution in [0.2, 0.25) is 0 Å². The second kappa shape index (κ2) is 7.37. The number of carbonyl (C=O) groups excluding carboxylic acids is 1. The summed E-state index contributed by atoms with van der Waals surface area (Å²) in [5, 5.41) is 1.80. The number of alkyl halides is 2. The Kier molecular flexibility index (Phi) is 5.18. The number of aromatic nitrogens is 1. The first-order valence-electron chi connectivity index (χ1n) is 7.92. The van der Waals surface area contributed by atoms with Crippen molar-refractivity contribution in [3.63, 3.8) is 0 Å². The average Bonchev–Trinajstić information content (AvgIpc) is 2.95. The van der Waals surface area contributed by atoms with E-state index in [1.54, 1.807) is 11.4 Å². The van der Waals surface area contributed by atoms with Gasteiger partial charge in [0.1, 0.15) is 18.1 Å². The van der Waals surface area contributed by atoms with Gasteiger partial charge in [-0.25, -0.2) is 8.78 Å². The van der Waals surface area contributed by atoms with Gasteiger partial charge in [0.25, 0.3) is 6.43 Å². The molecule has 2 heterocycles. The molecule has 0 saturated carbocycles. The summed E-state index contributed by atoms with van der Waals surface area (Å²) in [6.45, 7) is 5.25. The van der Waals surface area contributed by atoms with Crippen molar-refractivity contribution >= 4 is 27.4 Å². The molecule has 0 spiro atoms. The normalized spacial score (nSPS) is 11.2. The number of thiophene rings is 1. The molecule has 3 aromatic rings. The van der Waals surface area contributed by atoms with Gasteiger partial charge in [0, 0.05) is 44.9 Å². The van der Waals surface area contributed by atoms with Gasteiger partial charge in [0.05, 0.1) is 0 Å². The van der Waals surface area contributed by atoms with E-state index >= 15 is 0 Å². The van der Waals surface area contributed by atoms with Crippen LogP contribution in [0.5, 0.6) is 11.5 Å². The first-order chi connectivity index (χ1) is 12.3. The molecule has 0 bridgehead atoms. The van der Waals surface area contributed by atoms with Crippen molar-refractivity contribution in [2.75, 3.05) is 0 Å². The van der Waals surface area contributed by atoms with Gasteiger partial charge in [-0.2, -0.15) is 0 Å². The molecule has 7 heteroatoms. The van der Waals surface area contributed by atoms with E-state index in [1.165, 1.54) is 24.3 Å². The van der Waals surface area contributed by atoms with Gasteiger partial charge in [-0.05, 0) is 32.0 Å². The number of hydrogen-bond donors (Lipinski definition) is 0. The number of benzene rings is 1. The van der Waals surface area contributed by atoms with Gasteiger partial charge < -0.3 is 9.47 Å². The van der Waals surface area contributed by atoms with Crippen LogP contribution < -0.4 is 9.47 Å². The zero-order chi connectivity index (χ0) is 18.8. The Morgan fingerprint density at radius 1 is 1.27 bits per heavy atom. The Balaban J connectivity index is 1.93. The summed E-state index contributed by atoms with van der Waals surface area (Å²) in [5.41, 5.74) is 2.42. The van der Waals surface area contributed by atoms with E-state index in [4.69, 9.17) is 9.47 Å². The van der Waals surface area contributed by atoms with E-state index < -0.39 is 12.4 Å². The summed E-state index contributed by atoms with van der Waals surface area (Å²) in [6.07, 6.45) is -2.72. The number of carbonyl (C=O) groups is 1. The molecule has 1 aromatic carbocycles. The second-order valence-electron chi connectivity index (χ2n) is 5.87. The molecular weight excluding hydrogens is 360 g/mol. The van der Waals surface area contributed by atoms with Gasteiger partial charge in [0.15, 0.2) is 0 Å². The Morgan fingerprint density at radius 3 is 2.69 bits per heavy atom. The highest BCUT2D eigenvalue weighted by Gasteiger charge is 2.20. The molecule has 26 heavy (non-hydrogen) atoms. The van der Waals surface area contributed by atoms with Crippen LogP contribution in [0.3, 0.4) is 0 Å². The van der Waals surface area contributed by atoms with Crippen LogP contribution in [0.25, 0.3) is 10.1 Å². The standard InChI is InChI=1S/C19H17F2NO3S/c1-10-4-5-13(11(2)22-10)8-24-14-6-15(19(20)21)18-16(25-12(3)23)9-26-17(18)7-14/h4-7,9,19H,8H2,1-3H3. The topological polar surface area (TPSA) is 48.4 Å². The van der Waals surface area contributed by atoms with E-state index in [-0.39, 0.29) is 23.3 Å². The zero-order valence-electron chi connectivity index (χ0n) is 14.5. The van der Waals surface area contributed by atoms with Crippen LogP contribution in [0, 0.1) is 13.8 Å². The van der Waals surface area contributed by atoms with Gasteiger partial charge in [-0.15, -0.1) is 11.3 Å². The Hall–Kier alpha value is -2.54. The lowest BCUT2D eigenvalue weighted by atomic mass is 10.1. The lowest BCUT2D eigenvalue weighted by molar-refractivity contribution is -0.131. The zero-order valence-corrected chi connectivity index (χ0v) is 15.3. The maximum atomic E-state index is 13.5. The number of aryl methyl sites for hydroxylation is 2. The molecule has 0 unspecified atom stereocenters. The lowest BCUT2D eigenvalue weighted by Gasteiger charge is -2.12. The molecule has 0 N–H and O–H groups in total. The first-order valence-corrected chi connectivity index (χ1v) is 8.80. The predicted molar refractivity (Wildman–Crippen MR) is 96.1 cm³/mol. The fraction of sp³-hybridized carbons (Fsp3) is 0.263. The Labute approximate surface area is 153 Å². The third kappa shape index (κ3) is 3.83. The minimum absolute atomic E-state index is 0.151. The SMILES string of the molecule is CC(=O)Oc1csc2cc(OCc3ccc(C)nc3C)cc(C(F)F)c12. The molecule has 0 saturated heterocycles. The largest absolute Gasteiger partial charge is 0.489 e. The molecular formula is C19H17F2NO3S. The molecule has 0 amide bonds. The molecule has 0 aliphatic carbocycles.